The molecule has 2 aromatic carbocycles. The lowest BCUT2D eigenvalue weighted by atomic mass is 9.96. The van der Waals surface area contributed by atoms with Gasteiger partial charge in [-0.2, -0.15) is 0 Å². The highest BCUT2D eigenvalue weighted by Gasteiger charge is 2.35. The van der Waals surface area contributed by atoms with E-state index in [2.05, 4.69) is 27.9 Å². The number of aliphatic carboxylic acids is 1. The molecular formula is C19H23IN2O4S. The van der Waals surface area contributed by atoms with Crippen LogP contribution in [0.4, 0.5) is 5.69 Å². The summed E-state index contributed by atoms with van der Waals surface area (Å²) in [5.41, 5.74) is 2.58. The van der Waals surface area contributed by atoms with E-state index in [1.807, 2.05) is 42.5 Å². The number of halogens is 1. The van der Waals surface area contributed by atoms with Crippen LogP contribution in [0.2, 0.25) is 0 Å². The molecule has 0 fully saturated rings. The molecule has 0 saturated heterocycles. The fourth-order valence-corrected chi connectivity index (χ4v) is 5.55. The van der Waals surface area contributed by atoms with Crippen molar-refractivity contribution in [3.05, 3.63) is 57.2 Å². The molecule has 1 aliphatic rings. The number of carbonyl (C=O) groups is 1. The third-order valence-corrected chi connectivity index (χ3v) is 7.29. The minimum Gasteiger partial charge on any atom is -0.481 e. The van der Waals surface area contributed by atoms with Crippen molar-refractivity contribution in [2.45, 2.75) is 30.2 Å². The molecule has 1 atom stereocenters. The van der Waals surface area contributed by atoms with Gasteiger partial charge in [-0.25, -0.2) is 0 Å². The van der Waals surface area contributed by atoms with E-state index >= 15 is 0 Å². The standard InChI is InChI=1S/C19H23IN2O4S/c1-22-16-7-3-2-6-14(16)19(21-11-5-4-8-18(23)24)15-10-9-13(20)12-17(15)27(22,25)26/h2-3,6-7,9-10,12,19,21,25-26H,4-5,8,11H2,1H3,(H,23,24). The average Bonchev–Trinajstić information content (AvgIpc) is 2.70. The predicted octanol–water partition coefficient (Wildman–Crippen LogP) is 4.70. The van der Waals surface area contributed by atoms with Crippen LogP contribution in [0.5, 0.6) is 0 Å². The summed E-state index contributed by atoms with van der Waals surface area (Å²) >= 11 is 2.17. The number of hydrogen-bond acceptors (Lipinski definition) is 5. The largest absolute Gasteiger partial charge is 0.481 e. The Kier molecular flexibility index (Phi) is 6.32. The Morgan fingerprint density at radius 2 is 1.93 bits per heavy atom. The monoisotopic (exact) mass is 502 g/mol. The highest BCUT2D eigenvalue weighted by Crippen LogP contribution is 2.59. The number of carboxylic acid groups (broad SMARTS) is 1. The van der Waals surface area contributed by atoms with E-state index in [1.54, 1.807) is 11.4 Å². The molecule has 146 valence electrons. The third kappa shape index (κ3) is 4.24. The van der Waals surface area contributed by atoms with Gasteiger partial charge in [0.05, 0.1) is 16.6 Å². The maximum absolute atomic E-state index is 11.0. The summed E-state index contributed by atoms with van der Waals surface area (Å²) in [6.07, 6.45) is 1.49. The van der Waals surface area contributed by atoms with Gasteiger partial charge >= 0.3 is 5.97 Å². The number of para-hydroxylation sites is 1. The zero-order valence-corrected chi connectivity index (χ0v) is 17.9. The lowest BCUT2D eigenvalue weighted by molar-refractivity contribution is -0.137. The Hall–Kier alpha value is -1.33. The van der Waals surface area contributed by atoms with E-state index < -0.39 is 16.7 Å². The fraction of sp³-hybridized carbons (Fsp3) is 0.316. The van der Waals surface area contributed by atoms with Gasteiger partial charge in [0.1, 0.15) is 0 Å². The van der Waals surface area contributed by atoms with Crippen LogP contribution in [-0.2, 0) is 4.79 Å². The van der Waals surface area contributed by atoms with Crippen LogP contribution in [0, 0.1) is 3.57 Å². The Morgan fingerprint density at radius 1 is 1.19 bits per heavy atom. The minimum atomic E-state index is -3.16. The van der Waals surface area contributed by atoms with E-state index in [0.717, 1.165) is 26.8 Å². The van der Waals surface area contributed by atoms with Gasteiger partial charge < -0.3 is 10.4 Å². The molecule has 0 amide bonds. The number of carboxylic acids is 1. The number of benzene rings is 2. The predicted molar refractivity (Wildman–Crippen MR) is 116 cm³/mol. The number of nitrogens with zero attached hydrogens (tertiary/aromatic N) is 1. The normalized spacial score (nSPS) is 19.0. The molecule has 2 aromatic rings. The third-order valence-electron chi connectivity index (χ3n) is 4.72. The van der Waals surface area contributed by atoms with Crippen molar-refractivity contribution in [2.24, 2.45) is 0 Å². The first-order chi connectivity index (χ1) is 12.8. The van der Waals surface area contributed by atoms with Crippen molar-refractivity contribution in [3.8, 4) is 0 Å². The first kappa shape index (κ1) is 20.4. The molecule has 1 aliphatic heterocycles. The van der Waals surface area contributed by atoms with Crippen LogP contribution in [0.25, 0.3) is 0 Å². The van der Waals surface area contributed by atoms with E-state index in [1.165, 1.54) is 0 Å². The van der Waals surface area contributed by atoms with Gasteiger partial charge in [-0.15, -0.1) is 0 Å². The lowest BCUT2D eigenvalue weighted by Crippen LogP contribution is -2.24. The second-order valence-electron chi connectivity index (χ2n) is 6.50. The van der Waals surface area contributed by atoms with E-state index in [0.29, 0.717) is 17.9 Å². The second kappa shape index (κ2) is 8.36. The molecule has 0 aromatic heterocycles. The molecule has 1 unspecified atom stereocenters. The molecule has 6 nitrogen and oxygen atoms in total. The Labute approximate surface area is 174 Å². The zero-order valence-electron chi connectivity index (χ0n) is 14.9. The summed E-state index contributed by atoms with van der Waals surface area (Å²) in [5, 5.41) is 12.3. The molecule has 0 spiro atoms. The SMILES string of the molecule is CN1c2ccccc2C(NCCCCC(=O)O)c2ccc(I)cc2S1(O)O. The fourth-order valence-electron chi connectivity index (χ4n) is 3.32. The smallest absolute Gasteiger partial charge is 0.303 e. The van der Waals surface area contributed by atoms with E-state index in [4.69, 9.17) is 5.11 Å². The topological polar surface area (TPSA) is 93.0 Å². The maximum Gasteiger partial charge on any atom is 0.303 e. The summed E-state index contributed by atoms with van der Waals surface area (Å²) in [5.74, 6) is -0.787. The summed E-state index contributed by atoms with van der Waals surface area (Å²) in [6.45, 7) is 0.639. The molecule has 8 heteroatoms. The van der Waals surface area contributed by atoms with E-state index in [-0.39, 0.29) is 12.5 Å². The minimum absolute atomic E-state index is 0.154. The molecule has 0 bridgehead atoms. The average molecular weight is 502 g/mol. The van der Waals surface area contributed by atoms with Gasteiger partial charge in [-0.3, -0.25) is 18.2 Å². The van der Waals surface area contributed by atoms with Crippen molar-refractivity contribution in [1.82, 2.24) is 5.32 Å². The van der Waals surface area contributed by atoms with Crippen molar-refractivity contribution in [2.75, 3.05) is 17.9 Å². The lowest BCUT2D eigenvalue weighted by Gasteiger charge is -2.41. The molecule has 1 heterocycles. The molecule has 0 aliphatic carbocycles. The van der Waals surface area contributed by atoms with Crippen LogP contribution in [0.3, 0.4) is 0 Å². The van der Waals surface area contributed by atoms with Gasteiger partial charge in [0.2, 0.25) is 0 Å². The number of hydrogen-bond donors (Lipinski definition) is 4. The van der Waals surface area contributed by atoms with Gasteiger partial charge in [-0.1, -0.05) is 35.0 Å². The van der Waals surface area contributed by atoms with Crippen molar-refractivity contribution in [3.63, 3.8) is 0 Å². The van der Waals surface area contributed by atoms with E-state index in [9.17, 15) is 13.9 Å². The van der Waals surface area contributed by atoms with Crippen LogP contribution in [0.15, 0.2) is 47.4 Å². The van der Waals surface area contributed by atoms with Gasteiger partial charge in [0, 0.05) is 17.0 Å². The van der Waals surface area contributed by atoms with Gasteiger partial charge in [-0.05, 0) is 71.3 Å². The first-order valence-corrected chi connectivity index (χ1v) is 11.3. The molecule has 0 saturated carbocycles. The summed E-state index contributed by atoms with van der Waals surface area (Å²) in [4.78, 5) is 11.2. The van der Waals surface area contributed by atoms with Crippen LogP contribution in [0.1, 0.15) is 36.4 Å². The molecule has 3 rings (SSSR count). The van der Waals surface area contributed by atoms with Crippen LogP contribution in [-0.4, -0.2) is 33.8 Å². The van der Waals surface area contributed by atoms with Gasteiger partial charge in [0.15, 0.2) is 0 Å². The maximum atomic E-state index is 11.0. The Bertz CT molecular complexity index is 846. The van der Waals surface area contributed by atoms with Crippen LogP contribution < -0.4 is 9.62 Å². The number of anilines is 1. The Balaban J connectivity index is 1.99. The highest BCUT2D eigenvalue weighted by molar-refractivity contribution is 14.1. The molecule has 4 N–H and O–H groups in total. The molecule has 0 radical (unpaired) electrons. The number of unbranched alkanes of at least 4 members (excludes halogenated alkanes) is 1. The first-order valence-electron chi connectivity index (χ1n) is 8.68. The second-order valence-corrected chi connectivity index (χ2v) is 9.77. The number of nitrogens with one attached hydrogen (secondary N) is 1. The van der Waals surface area contributed by atoms with Crippen molar-refractivity contribution in [1.29, 1.82) is 0 Å². The quantitative estimate of drug-likeness (QED) is 0.338. The molecular weight excluding hydrogens is 479 g/mol. The number of rotatable bonds is 6. The van der Waals surface area contributed by atoms with Crippen LogP contribution >= 0.6 is 33.4 Å². The van der Waals surface area contributed by atoms with Crippen molar-refractivity contribution >= 4 is 45.0 Å². The summed E-state index contributed by atoms with van der Waals surface area (Å²) < 4.78 is 24.5. The summed E-state index contributed by atoms with van der Waals surface area (Å²) in [7, 11) is -1.46. The van der Waals surface area contributed by atoms with Crippen molar-refractivity contribution < 1.29 is 19.0 Å². The Morgan fingerprint density at radius 3 is 2.67 bits per heavy atom. The van der Waals surface area contributed by atoms with Gasteiger partial charge in [0.25, 0.3) is 0 Å². The molecule has 27 heavy (non-hydrogen) atoms. The number of fused-ring (bicyclic) bond motifs is 2. The zero-order chi connectivity index (χ0) is 19.6. The summed E-state index contributed by atoms with van der Waals surface area (Å²) in [6, 6.07) is 13.2. The highest BCUT2D eigenvalue weighted by atomic mass is 127.